The number of rotatable bonds is 16. The molecule has 0 fully saturated rings. The Bertz CT molecular complexity index is 315. The second-order valence-corrected chi connectivity index (χ2v) is 7.17. The van der Waals surface area contributed by atoms with E-state index in [0.717, 1.165) is 6.54 Å². The quantitative estimate of drug-likeness (QED) is 0.285. The van der Waals surface area contributed by atoms with Crippen LogP contribution in [-0.4, -0.2) is 35.4 Å². The monoisotopic (exact) mass is 400 g/mol. The lowest BCUT2D eigenvalue weighted by molar-refractivity contribution is -0.514. The standard InChI is InChI=1S/C21H41N2.BrH/c1-3-5-6-7-8-9-10-11-12-13-14-15-16-17-18-23-20-19-22(4-2)21-23;/h4,21H,2-3,5-20H2,1H3;1H/q+1;/p-1. The van der Waals surface area contributed by atoms with Gasteiger partial charge < -0.3 is 17.0 Å². The number of hydrogen-bond acceptors (Lipinski definition) is 1. The Balaban J connectivity index is 0.00000529. The molecule has 0 N–H and O–H groups in total. The van der Waals surface area contributed by atoms with Gasteiger partial charge in [-0.3, -0.25) is 4.58 Å². The van der Waals surface area contributed by atoms with E-state index in [9.17, 15) is 0 Å². The molecule has 0 aromatic heterocycles. The molecule has 3 heteroatoms. The summed E-state index contributed by atoms with van der Waals surface area (Å²) in [7, 11) is 0. The average molecular weight is 401 g/mol. The minimum Gasteiger partial charge on any atom is -1.00 e. The first-order valence-corrected chi connectivity index (χ1v) is 10.3. The minimum atomic E-state index is 0. The Morgan fingerprint density at radius 2 is 1.29 bits per heavy atom. The fourth-order valence-electron chi connectivity index (χ4n) is 3.39. The fraction of sp³-hybridized carbons (Fsp3) is 0.857. The van der Waals surface area contributed by atoms with Gasteiger partial charge in [0.1, 0.15) is 13.1 Å². The molecule has 0 aromatic carbocycles. The zero-order valence-corrected chi connectivity index (χ0v) is 17.7. The summed E-state index contributed by atoms with van der Waals surface area (Å²) in [5.74, 6) is 0. The fourth-order valence-corrected chi connectivity index (χ4v) is 3.39. The highest BCUT2D eigenvalue weighted by molar-refractivity contribution is 5.51. The van der Waals surface area contributed by atoms with Crippen LogP contribution < -0.4 is 17.0 Å². The molecule has 0 radical (unpaired) electrons. The second-order valence-electron chi connectivity index (χ2n) is 7.17. The van der Waals surface area contributed by atoms with Gasteiger partial charge in [0.2, 0.25) is 6.34 Å². The van der Waals surface area contributed by atoms with Crippen molar-refractivity contribution >= 4 is 6.34 Å². The average Bonchev–Trinajstić information content (AvgIpc) is 3.03. The first-order valence-electron chi connectivity index (χ1n) is 10.3. The summed E-state index contributed by atoms with van der Waals surface area (Å²) in [6, 6.07) is 0. The van der Waals surface area contributed by atoms with Crippen LogP contribution in [0.15, 0.2) is 12.8 Å². The van der Waals surface area contributed by atoms with Gasteiger partial charge in [0.05, 0.1) is 12.7 Å². The predicted octanol–water partition coefficient (Wildman–Crippen LogP) is 2.97. The van der Waals surface area contributed by atoms with Gasteiger partial charge in [-0.25, -0.2) is 4.90 Å². The number of unbranched alkanes of at least 4 members (excludes halogenated alkanes) is 13. The largest absolute Gasteiger partial charge is 1.00 e. The maximum atomic E-state index is 3.82. The van der Waals surface area contributed by atoms with E-state index in [1.54, 1.807) is 0 Å². The Morgan fingerprint density at radius 1 is 0.833 bits per heavy atom. The molecule has 0 aromatic rings. The van der Waals surface area contributed by atoms with Crippen LogP contribution in [0.4, 0.5) is 0 Å². The zero-order valence-electron chi connectivity index (χ0n) is 16.2. The van der Waals surface area contributed by atoms with E-state index in [2.05, 4.69) is 29.3 Å². The van der Waals surface area contributed by atoms with Crippen molar-refractivity contribution in [3.8, 4) is 0 Å². The molecule has 0 saturated carbocycles. The van der Waals surface area contributed by atoms with Crippen molar-refractivity contribution in [3.05, 3.63) is 12.8 Å². The highest BCUT2D eigenvalue weighted by Crippen LogP contribution is 2.13. The second kappa shape index (κ2) is 17.5. The van der Waals surface area contributed by atoms with E-state index in [0.29, 0.717) is 0 Å². The summed E-state index contributed by atoms with van der Waals surface area (Å²) in [6.45, 7) is 9.62. The summed E-state index contributed by atoms with van der Waals surface area (Å²) in [5, 5.41) is 0. The third-order valence-corrected chi connectivity index (χ3v) is 4.99. The molecule has 0 saturated heterocycles. The molecule has 0 atom stereocenters. The van der Waals surface area contributed by atoms with Gasteiger partial charge >= 0.3 is 0 Å². The summed E-state index contributed by atoms with van der Waals surface area (Å²) >= 11 is 0. The maximum absolute atomic E-state index is 3.82. The van der Waals surface area contributed by atoms with Crippen LogP contribution in [0.2, 0.25) is 0 Å². The normalized spacial score (nSPS) is 13.7. The molecule has 0 unspecified atom stereocenters. The Labute approximate surface area is 162 Å². The van der Waals surface area contributed by atoms with Crippen molar-refractivity contribution in [2.45, 2.75) is 96.8 Å². The van der Waals surface area contributed by atoms with Crippen LogP contribution in [0, 0.1) is 0 Å². The summed E-state index contributed by atoms with van der Waals surface area (Å²) in [5.41, 5.74) is 0. The number of hydrogen-bond donors (Lipinski definition) is 0. The van der Waals surface area contributed by atoms with Gasteiger partial charge in [-0.05, 0) is 12.8 Å². The Morgan fingerprint density at radius 3 is 1.71 bits per heavy atom. The Hall–Kier alpha value is -0.310. The lowest BCUT2D eigenvalue weighted by Crippen LogP contribution is -3.00. The molecule has 0 bridgehead atoms. The molecule has 2 nitrogen and oxygen atoms in total. The topological polar surface area (TPSA) is 6.25 Å². The van der Waals surface area contributed by atoms with E-state index in [4.69, 9.17) is 0 Å². The number of halogens is 1. The number of nitrogens with zero attached hydrogens (tertiary/aromatic N) is 2. The Kier molecular flexibility index (Phi) is 17.3. The molecular weight excluding hydrogens is 360 g/mol. The highest BCUT2D eigenvalue weighted by Gasteiger charge is 2.15. The van der Waals surface area contributed by atoms with Crippen LogP contribution in [0.1, 0.15) is 96.8 Å². The van der Waals surface area contributed by atoms with Gasteiger partial charge in [0, 0.05) is 0 Å². The van der Waals surface area contributed by atoms with Crippen molar-refractivity contribution in [1.82, 2.24) is 4.90 Å². The predicted molar refractivity (Wildman–Crippen MR) is 103 cm³/mol. The molecule has 1 rings (SSSR count). The lowest BCUT2D eigenvalue weighted by Gasteiger charge is -2.03. The lowest BCUT2D eigenvalue weighted by atomic mass is 10.0. The van der Waals surface area contributed by atoms with E-state index >= 15 is 0 Å². The third kappa shape index (κ3) is 13.0. The van der Waals surface area contributed by atoms with Crippen molar-refractivity contribution < 1.29 is 21.6 Å². The molecule has 1 heterocycles. The van der Waals surface area contributed by atoms with Crippen molar-refractivity contribution in [2.24, 2.45) is 0 Å². The smallest absolute Gasteiger partial charge is 0.239 e. The highest BCUT2D eigenvalue weighted by atomic mass is 79.9. The van der Waals surface area contributed by atoms with Crippen LogP contribution in [0.5, 0.6) is 0 Å². The SMILES string of the molecule is C=CN1C=[N+](CCCCCCCCCCCCCCCC)CC1.[Br-]. The zero-order chi connectivity index (χ0) is 16.6. The van der Waals surface area contributed by atoms with Crippen LogP contribution in [0.25, 0.3) is 0 Å². The molecule has 1 aliphatic heterocycles. The van der Waals surface area contributed by atoms with Gasteiger partial charge in [0.25, 0.3) is 0 Å². The van der Waals surface area contributed by atoms with Crippen LogP contribution in [-0.2, 0) is 0 Å². The molecule has 142 valence electrons. The van der Waals surface area contributed by atoms with E-state index in [-0.39, 0.29) is 17.0 Å². The minimum absolute atomic E-state index is 0. The molecule has 0 aliphatic carbocycles. The molecule has 1 aliphatic rings. The molecule has 0 spiro atoms. The van der Waals surface area contributed by atoms with E-state index in [1.165, 1.54) is 103 Å². The first-order chi connectivity index (χ1) is 11.4. The third-order valence-electron chi connectivity index (χ3n) is 4.99. The van der Waals surface area contributed by atoms with Gasteiger partial charge in [0.15, 0.2) is 0 Å². The van der Waals surface area contributed by atoms with Crippen LogP contribution in [0.3, 0.4) is 0 Å². The molecular formula is C21H41BrN2. The summed E-state index contributed by atoms with van der Waals surface area (Å²) in [4.78, 5) is 2.18. The van der Waals surface area contributed by atoms with Gasteiger partial charge in [-0.2, -0.15) is 0 Å². The maximum Gasteiger partial charge on any atom is 0.239 e. The van der Waals surface area contributed by atoms with Crippen molar-refractivity contribution in [2.75, 3.05) is 19.6 Å². The van der Waals surface area contributed by atoms with E-state index in [1.807, 2.05) is 6.20 Å². The molecule has 24 heavy (non-hydrogen) atoms. The van der Waals surface area contributed by atoms with Gasteiger partial charge in [-0.15, -0.1) is 0 Å². The van der Waals surface area contributed by atoms with E-state index < -0.39 is 0 Å². The van der Waals surface area contributed by atoms with Crippen molar-refractivity contribution in [3.63, 3.8) is 0 Å². The van der Waals surface area contributed by atoms with Crippen LogP contribution >= 0.6 is 0 Å². The summed E-state index contributed by atoms with van der Waals surface area (Å²) < 4.78 is 2.43. The molecule has 0 amide bonds. The first kappa shape index (κ1) is 23.7. The van der Waals surface area contributed by atoms with Gasteiger partial charge in [-0.1, -0.05) is 90.6 Å². The van der Waals surface area contributed by atoms with Crippen molar-refractivity contribution in [1.29, 1.82) is 0 Å². The summed E-state index contributed by atoms with van der Waals surface area (Å²) in [6.07, 6.45) is 24.3.